The molecule has 0 radical (unpaired) electrons. The number of fused-ring (bicyclic) bond motifs is 2. The maximum atomic E-state index is 12.8. The minimum Gasteiger partial charge on any atom is -0.481 e. The molecule has 2 saturated heterocycles. The van der Waals surface area contributed by atoms with Crippen LogP contribution in [-0.4, -0.2) is 43.7 Å². The molecule has 0 aliphatic carbocycles. The minimum atomic E-state index is -0.783. The van der Waals surface area contributed by atoms with Gasteiger partial charge in [-0.1, -0.05) is 0 Å². The monoisotopic (exact) mass is 291 g/mol. The van der Waals surface area contributed by atoms with Crippen molar-refractivity contribution in [3.63, 3.8) is 0 Å². The van der Waals surface area contributed by atoms with Gasteiger partial charge in [0, 0.05) is 24.3 Å². The summed E-state index contributed by atoms with van der Waals surface area (Å²) >= 11 is 0. The van der Waals surface area contributed by atoms with E-state index in [4.69, 9.17) is 0 Å². The first-order chi connectivity index (χ1) is 9.90. The molecule has 3 heterocycles. The second-order valence-electron chi connectivity index (χ2n) is 6.39. The molecule has 2 fully saturated rings. The Morgan fingerprint density at radius 3 is 2.62 bits per heavy atom. The lowest BCUT2D eigenvalue weighted by Gasteiger charge is -2.22. The van der Waals surface area contributed by atoms with Gasteiger partial charge in [0.1, 0.15) is 0 Å². The molecule has 2 bridgehead atoms. The van der Waals surface area contributed by atoms with Crippen molar-refractivity contribution in [3.05, 3.63) is 17.5 Å². The normalized spacial score (nSPS) is 27.6. The summed E-state index contributed by atoms with van der Waals surface area (Å²) < 4.78 is 1.79. The smallest absolute Gasteiger partial charge is 0.308 e. The molecule has 0 aromatic carbocycles. The highest BCUT2D eigenvalue weighted by atomic mass is 16.4. The highest BCUT2D eigenvalue weighted by Crippen LogP contribution is 2.42. The summed E-state index contributed by atoms with van der Waals surface area (Å²) in [7, 11) is 0. The first-order valence-corrected chi connectivity index (χ1v) is 7.51. The number of hydrogen-bond acceptors (Lipinski definition) is 3. The predicted octanol–water partition coefficient (Wildman–Crippen LogP) is 1.85. The van der Waals surface area contributed by atoms with Gasteiger partial charge in [0.05, 0.1) is 17.2 Å². The van der Waals surface area contributed by atoms with E-state index in [1.807, 2.05) is 20.8 Å². The molecule has 1 N–H and O–H groups in total. The van der Waals surface area contributed by atoms with Gasteiger partial charge in [0.25, 0.3) is 5.91 Å². The number of nitrogens with zero attached hydrogens (tertiary/aromatic N) is 3. The molecule has 3 rings (SSSR count). The lowest BCUT2D eigenvalue weighted by atomic mass is 9.89. The molecule has 3 atom stereocenters. The zero-order chi connectivity index (χ0) is 15.3. The molecule has 6 nitrogen and oxygen atoms in total. The molecule has 21 heavy (non-hydrogen) atoms. The number of amides is 1. The van der Waals surface area contributed by atoms with Crippen molar-refractivity contribution in [1.82, 2.24) is 14.7 Å². The Labute approximate surface area is 123 Å². The van der Waals surface area contributed by atoms with Crippen LogP contribution in [0.1, 0.15) is 55.2 Å². The van der Waals surface area contributed by atoms with Crippen LogP contribution in [0, 0.1) is 12.8 Å². The fourth-order valence-corrected chi connectivity index (χ4v) is 3.67. The van der Waals surface area contributed by atoms with Crippen LogP contribution < -0.4 is 0 Å². The first-order valence-electron chi connectivity index (χ1n) is 7.51. The number of aryl methyl sites for hydroxylation is 1. The second-order valence-corrected chi connectivity index (χ2v) is 6.39. The standard InChI is InChI=1S/C15H21N3O3/c1-8(2)17-7-12(9(3)16-17)14(19)18-10-4-5-13(18)11(6-10)15(20)21/h7-8,10-11,13H,4-6H2,1-3H3,(H,20,21). The van der Waals surface area contributed by atoms with Crippen molar-refractivity contribution < 1.29 is 14.7 Å². The zero-order valence-electron chi connectivity index (χ0n) is 12.6. The van der Waals surface area contributed by atoms with Gasteiger partial charge in [-0.3, -0.25) is 14.3 Å². The minimum absolute atomic E-state index is 0.0596. The van der Waals surface area contributed by atoms with Crippen molar-refractivity contribution in [2.24, 2.45) is 5.92 Å². The van der Waals surface area contributed by atoms with Gasteiger partial charge >= 0.3 is 5.97 Å². The molecule has 114 valence electrons. The number of carboxylic acid groups (broad SMARTS) is 1. The largest absolute Gasteiger partial charge is 0.481 e. The summed E-state index contributed by atoms with van der Waals surface area (Å²) in [6.07, 6.45) is 4.08. The number of carbonyl (C=O) groups is 2. The average molecular weight is 291 g/mol. The Morgan fingerprint density at radius 1 is 1.38 bits per heavy atom. The van der Waals surface area contributed by atoms with Crippen molar-refractivity contribution in [2.45, 2.75) is 58.2 Å². The Balaban J connectivity index is 1.88. The molecule has 6 heteroatoms. The molecule has 0 saturated carbocycles. The van der Waals surface area contributed by atoms with Gasteiger partial charge in [0.2, 0.25) is 0 Å². The van der Waals surface area contributed by atoms with E-state index < -0.39 is 11.9 Å². The molecule has 1 aromatic heterocycles. The van der Waals surface area contributed by atoms with E-state index in [2.05, 4.69) is 5.10 Å². The van der Waals surface area contributed by atoms with Gasteiger partial charge in [-0.2, -0.15) is 5.10 Å². The van der Waals surface area contributed by atoms with Crippen LogP contribution >= 0.6 is 0 Å². The van der Waals surface area contributed by atoms with Crippen LogP contribution in [0.4, 0.5) is 0 Å². The third-order valence-electron chi connectivity index (χ3n) is 4.76. The average Bonchev–Trinajstić information content (AvgIpc) is 3.09. The maximum absolute atomic E-state index is 12.8. The van der Waals surface area contributed by atoms with Crippen molar-refractivity contribution in [2.75, 3.05) is 0 Å². The fraction of sp³-hybridized carbons (Fsp3) is 0.667. The Bertz CT molecular complexity index is 593. The second kappa shape index (κ2) is 4.86. The topological polar surface area (TPSA) is 75.4 Å². The first kappa shape index (κ1) is 14.1. The summed E-state index contributed by atoms with van der Waals surface area (Å²) in [5.74, 6) is -1.25. The predicted molar refractivity (Wildman–Crippen MR) is 76.1 cm³/mol. The van der Waals surface area contributed by atoms with E-state index in [-0.39, 0.29) is 24.0 Å². The number of carbonyl (C=O) groups excluding carboxylic acids is 1. The van der Waals surface area contributed by atoms with E-state index in [9.17, 15) is 14.7 Å². The van der Waals surface area contributed by atoms with Gasteiger partial charge < -0.3 is 10.0 Å². The van der Waals surface area contributed by atoms with Crippen molar-refractivity contribution in [3.8, 4) is 0 Å². The summed E-state index contributed by atoms with van der Waals surface area (Å²) in [5.41, 5.74) is 1.32. The summed E-state index contributed by atoms with van der Waals surface area (Å²) in [5, 5.41) is 13.7. The lowest BCUT2D eigenvalue weighted by molar-refractivity contribution is -0.142. The van der Waals surface area contributed by atoms with Gasteiger partial charge in [-0.05, 0) is 40.0 Å². The van der Waals surface area contributed by atoms with E-state index in [0.29, 0.717) is 17.7 Å². The number of hydrogen-bond donors (Lipinski definition) is 1. The van der Waals surface area contributed by atoms with Gasteiger partial charge in [-0.25, -0.2) is 0 Å². The third kappa shape index (κ3) is 2.13. The molecule has 0 spiro atoms. The Hall–Kier alpha value is -1.85. The van der Waals surface area contributed by atoms with E-state index in [1.165, 1.54) is 0 Å². The van der Waals surface area contributed by atoms with Crippen LogP contribution in [-0.2, 0) is 4.79 Å². The van der Waals surface area contributed by atoms with E-state index in [1.54, 1.807) is 15.8 Å². The molecule has 3 unspecified atom stereocenters. The molecule has 2 aliphatic heterocycles. The van der Waals surface area contributed by atoms with Gasteiger partial charge in [-0.15, -0.1) is 0 Å². The highest BCUT2D eigenvalue weighted by Gasteiger charge is 2.51. The fourth-order valence-electron chi connectivity index (χ4n) is 3.67. The molecular weight excluding hydrogens is 270 g/mol. The zero-order valence-corrected chi connectivity index (χ0v) is 12.6. The molecule has 1 aromatic rings. The van der Waals surface area contributed by atoms with E-state index in [0.717, 1.165) is 12.8 Å². The van der Waals surface area contributed by atoms with Crippen LogP contribution in [0.2, 0.25) is 0 Å². The lowest BCUT2D eigenvalue weighted by Crippen LogP contribution is -2.38. The SMILES string of the molecule is Cc1nn(C(C)C)cc1C(=O)N1C2CCC1C(C(=O)O)C2. The number of aliphatic carboxylic acids is 1. The number of aromatic nitrogens is 2. The number of carboxylic acids is 1. The van der Waals surface area contributed by atoms with Gasteiger partial charge in [0.15, 0.2) is 0 Å². The summed E-state index contributed by atoms with van der Waals surface area (Å²) in [4.78, 5) is 25.9. The molecule has 2 aliphatic rings. The van der Waals surface area contributed by atoms with Crippen LogP contribution in [0.5, 0.6) is 0 Å². The summed E-state index contributed by atoms with van der Waals surface area (Å²) in [6, 6.07) is 0.125. The van der Waals surface area contributed by atoms with Crippen LogP contribution in [0.15, 0.2) is 6.20 Å². The van der Waals surface area contributed by atoms with E-state index >= 15 is 0 Å². The highest BCUT2D eigenvalue weighted by molar-refractivity contribution is 5.96. The number of rotatable bonds is 3. The van der Waals surface area contributed by atoms with Crippen LogP contribution in [0.25, 0.3) is 0 Å². The van der Waals surface area contributed by atoms with Crippen molar-refractivity contribution in [1.29, 1.82) is 0 Å². The quantitative estimate of drug-likeness (QED) is 0.922. The molecule has 1 amide bonds. The maximum Gasteiger partial charge on any atom is 0.308 e. The molecular formula is C15H21N3O3. The van der Waals surface area contributed by atoms with Crippen LogP contribution in [0.3, 0.4) is 0 Å². The Kier molecular flexibility index (Phi) is 3.26. The third-order valence-corrected chi connectivity index (χ3v) is 4.76. The van der Waals surface area contributed by atoms with Crippen molar-refractivity contribution >= 4 is 11.9 Å². The Morgan fingerprint density at radius 2 is 2.10 bits per heavy atom. The summed E-state index contributed by atoms with van der Waals surface area (Å²) in [6.45, 7) is 5.86.